The third-order valence-corrected chi connectivity index (χ3v) is 6.67. The highest BCUT2D eigenvalue weighted by Gasteiger charge is 2.13. The molecule has 1 N–H and O–H groups in total. The molecular formula is C30H22BrIN2O3. The second-order valence-corrected chi connectivity index (χ2v) is 10.0. The van der Waals surface area contributed by atoms with Crippen molar-refractivity contribution in [1.82, 2.24) is 0 Å². The fourth-order valence-electron chi connectivity index (χ4n) is 3.42. The molecule has 0 atom stereocenters. The van der Waals surface area contributed by atoms with Gasteiger partial charge < -0.3 is 14.8 Å². The molecule has 0 aliphatic carbocycles. The fraction of sp³-hybridized carbons (Fsp3) is 0.0667. The van der Waals surface area contributed by atoms with Gasteiger partial charge in [-0.15, -0.1) is 0 Å². The first-order chi connectivity index (χ1) is 18.0. The van der Waals surface area contributed by atoms with Crippen LogP contribution in [0.5, 0.6) is 11.5 Å². The summed E-state index contributed by atoms with van der Waals surface area (Å²) in [5.74, 6) is 0.905. The van der Waals surface area contributed by atoms with E-state index in [1.54, 1.807) is 30.3 Å². The Morgan fingerprint density at radius 2 is 1.49 bits per heavy atom. The van der Waals surface area contributed by atoms with Crippen LogP contribution in [0.25, 0.3) is 6.08 Å². The molecule has 0 saturated carbocycles. The quantitative estimate of drug-likeness (QED) is 0.113. The average molecular weight is 665 g/mol. The van der Waals surface area contributed by atoms with Gasteiger partial charge in [-0.1, -0.05) is 60.7 Å². The van der Waals surface area contributed by atoms with Gasteiger partial charge in [0, 0.05) is 5.69 Å². The summed E-state index contributed by atoms with van der Waals surface area (Å²) in [4.78, 5) is 12.8. The van der Waals surface area contributed by atoms with Crippen LogP contribution in [0.15, 0.2) is 107 Å². The minimum absolute atomic E-state index is 0.00921. The smallest absolute Gasteiger partial charge is 0.266 e. The predicted molar refractivity (Wildman–Crippen MR) is 157 cm³/mol. The molecule has 0 radical (unpaired) electrons. The van der Waals surface area contributed by atoms with E-state index in [0.29, 0.717) is 36.0 Å². The highest BCUT2D eigenvalue weighted by atomic mass is 127. The topological polar surface area (TPSA) is 71.3 Å². The summed E-state index contributed by atoms with van der Waals surface area (Å²) in [6.45, 7) is 0.894. The Labute approximate surface area is 238 Å². The maximum absolute atomic E-state index is 12.8. The molecule has 37 heavy (non-hydrogen) atoms. The molecule has 0 aliphatic rings. The molecule has 1 amide bonds. The lowest BCUT2D eigenvalue weighted by Gasteiger charge is -2.12. The molecule has 5 nitrogen and oxygen atoms in total. The Kier molecular flexibility index (Phi) is 9.35. The Morgan fingerprint density at radius 3 is 2.05 bits per heavy atom. The van der Waals surface area contributed by atoms with Crippen LogP contribution in [0.1, 0.15) is 16.7 Å². The summed E-state index contributed by atoms with van der Waals surface area (Å²) < 4.78 is 13.4. The number of rotatable bonds is 9. The summed E-state index contributed by atoms with van der Waals surface area (Å²) >= 11 is 5.74. The largest absolute Gasteiger partial charge is 0.489 e. The van der Waals surface area contributed by atoms with Gasteiger partial charge in [-0.3, -0.25) is 4.79 Å². The first-order valence-electron chi connectivity index (χ1n) is 11.4. The first kappa shape index (κ1) is 26.5. The van der Waals surface area contributed by atoms with Crippen LogP contribution in [0.4, 0.5) is 5.69 Å². The van der Waals surface area contributed by atoms with Crippen molar-refractivity contribution < 1.29 is 14.3 Å². The maximum Gasteiger partial charge on any atom is 0.266 e. The highest BCUT2D eigenvalue weighted by Crippen LogP contribution is 2.33. The van der Waals surface area contributed by atoms with Gasteiger partial charge in [0.15, 0.2) is 0 Å². The van der Waals surface area contributed by atoms with Gasteiger partial charge >= 0.3 is 0 Å². The standard InChI is InChI=1S/C30H22BrIN2O3/c31-27-16-23(17-28(32)29(27)37-20-22-9-5-2-6-10-22)15-24(18-33)30(35)34-25-11-13-26(14-12-25)36-19-21-7-3-1-4-8-21/h1-17H,19-20H2,(H,34,35)/b24-15+. The number of carbonyl (C=O) groups is 1. The zero-order valence-electron chi connectivity index (χ0n) is 19.7. The van der Waals surface area contributed by atoms with Gasteiger partial charge in [0.2, 0.25) is 0 Å². The number of halogens is 2. The fourth-order valence-corrected chi connectivity index (χ4v) is 5.19. The SMILES string of the molecule is N#C/C(=C\c1cc(Br)c(OCc2ccccc2)c(I)c1)C(=O)Nc1ccc(OCc2ccccc2)cc1. The molecule has 0 bridgehead atoms. The zero-order valence-corrected chi connectivity index (χ0v) is 23.4. The summed E-state index contributed by atoms with van der Waals surface area (Å²) in [6, 6.07) is 32.5. The maximum atomic E-state index is 12.8. The van der Waals surface area contributed by atoms with Gasteiger partial charge in [0.25, 0.3) is 5.91 Å². The lowest BCUT2D eigenvalue weighted by Crippen LogP contribution is -2.13. The zero-order chi connectivity index (χ0) is 26.0. The molecule has 0 aromatic heterocycles. The summed E-state index contributed by atoms with van der Waals surface area (Å²) in [7, 11) is 0. The molecule has 0 unspecified atom stereocenters. The minimum Gasteiger partial charge on any atom is -0.489 e. The number of hydrogen-bond acceptors (Lipinski definition) is 4. The summed E-state index contributed by atoms with van der Waals surface area (Å²) in [5.41, 5.74) is 3.40. The van der Waals surface area contributed by atoms with Crippen LogP contribution in [-0.4, -0.2) is 5.91 Å². The number of ether oxygens (including phenoxy) is 2. The molecule has 4 rings (SSSR count). The molecule has 0 saturated heterocycles. The van der Waals surface area contributed by atoms with Crippen molar-refractivity contribution in [2.24, 2.45) is 0 Å². The third-order valence-electron chi connectivity index (χ3n) is 5.28. The molecule has 0 spiro atoms. The van der Waals surface area contributed by atoms with Crippen LogP contribution in [-0.2, 0) is 18.0 Å². The van der Waals surface area contributed by atoms with Crippen LogP contribution in [0, 0.1) is 14.9 Å². The Balaban J connectivity index is 1.39. The first-order valence-corrected chi connectivity index (χ1v) is 13.2. The van der Waals surface area contributed by atoms with E-state index in [9.17, 15) is 10.1 Å². The van der Waals surface area contributed by atoms with Gasteiger partial charge in [0.1, 0.15) is 36.4 Å². The number of nitrogens with zero attached hydrogens (tertiary/aromatic N) is 1. The van der Waals surface area contributed by atoms with Crippen molar-refractivity contribution in [2.75, 3.05) is 5.32 Å². The van der Waals surface area contributed by atoms with Gasteiger partial charge in [-0.05, 0) is 97.7 Å². The molecule has 0 heterocycles. The number of hydrogen-bond donors (Lipinski definition) is 1. The van der Waals surface area contributed by atoms with Crippen LogP contribution >= 0.6 is 38.5 Å². The number of benzene rings is 4. The molecule has 184 valence electrons. The molecular weight excluding hydrogens is 643 g/mol. The molecule has 4 aromatic carbocycles. The van der Waals surface area contributed by atoms with Gasteiger partial charge in [-0.2, -0.15) is 5.26 Å². The van der Waals surface area contributed by atoms with Crippen molar-refractivity contribution in [3.8, 4) is 17.6 Å². The Bertz CT molecular complexity index is 1410. The Hall–Kier alpha value is -3.61. The third kappa shape index (κ3) is 7.68. The van der Waals surface area contributed by atoms with Crippen molar-refractivity contribution in [2.45, 2.75) is 13.2 Å². The number of nitrogens with one attached hydrogen (secondary N) is 1. The van der Waals surface area contributed by atoms with E-state index in [4.69, 9.17) is 9.47 Å². The van der Waals surface area contributed by atoms with E-state index >= 15 is 0 Å². The van der Waals surface area contributed by atoms with Crippen molar-refractivity contribution in [1.29, 1.82) is 5.26 Å². The second-order valence-electron chi connectivity index (χ2n) is 8.01. The second kappa shape index (κ2) is 13.1. The number of carbonyl (C=O) groups excluding carboxylic acids is 1. The molecule has 0 fully saturated rings. The predicted octanol–water partition coefficient (Wildman–Crippen LogP) is 7.76. The molecule has 7 heteroatoms. The van der Waals surface area contributed by atoms with E-state index in [1.165, 1.54) is 0 Å². The van der Waals surface area contributed by atoms with E-state index in [1.807, 2.05) is 78.9 Å². The lowest BCUT2D eigenvalue weighted by atomic mass is 10.1. The van der Waals surface area contributed by atoms with E-state index < -0.39 is 5.91 Å². The highest BCUT2D eigenvalue weighted by molar-refractivity contribution is 14.1. The number of amides is 1. The average Bonchev–Trinajstić information content (AvgIpc) is 2.92. The monoisotopic (exact) mass is 664 g/mol. The van der Waals surface area contributed by atoms with Crippen molar-refractivity contribution in [3.05, 3.63) is 127 Å². The van der Waals surface area contributed by atoms with Crippen LogP contribution in [0.2, 0.25) is 0 Å². The van der Waals surface area contributed by atoms with Crippen LogP contribution < -0.4 is 14.8 Å². The normalized spacial score (nSPS) is 10.9. The van der Waals surface area contributed by atoms with Crippen LogP contribution in [0.3, 0.4) is 0 Å². The van der Waals surface area contributed by atoms with E-state index in [0.717, 1.165) is 19.2 Å². The van der Waals surface area contributed by atoms with E-state index in [2.05, 4.69) is 43.8 Å². The summed E-state index contributed by atoms with van der Waals surface area (Å²) in [6.07, 6.45) is 1.56. The molecule has 0 aliphatic heterocycles. The minimum atomic E-state index is -0.490. The lowest BCUT2D eigenvalue weighted by molar-refractivity contribution is -0.112. The van der Waals surface area contributed by atoms with Gasteiger partial charge in [-0.25, -0.2) is 0 Å². The number of anilines is 1. The van der Waals surface area contributed by atoms with Crippen molar-refractivity contribution in [3.63, 3.8) is 0 Å². The number of nitriles is 1. The van der Waals surface area contributed by atoms with Gasteiger partial charge in [0.05, 0.1) is 8.04 Å². The van der Waals surface area contributed by atoms with E-state index in [-0.39, 0.29) is 5.57 Å². The summed E-state index contributed by atoms with van der Waals surface area (Å²) in [5, 5.41) is 12.4. The van der Waals surface area contributed by atoms with Crippen molar-refractivity contribution >= 4 is 56.2 Å². The Morgan fingerprint density at radius 1 is 0.892 bits per heavy atom. The molecule has 4 aromatic rings.